The standard InChI is InChI=1S/C24H24N4O4S/c1-32-14-13-26-24(29)17-5-9-19(10-6-17)27-22-15-18-3-2-4-21(23(18)28-22)16-7-11-20(12-8-16)33(25,30)31/h2-12,15,27-28H,13-14H2,1H3,(H,26,29)(H2,25,30,31). The zero-order valence-corrected chi connectivity index (χ0v) is 18.8. The number of methoxy groups -OCH3 is 1. The number of anilines is 2. The van der Waals surface area contributed by atoms with E-state index in [1.807, 2.05) is 36.4 Å². The molecule has 33 heavy (non-hydrogen) atoms. The monoisotopic (exact) mass is 464 g/mol. The normalized spacial score (nSPS) is 11.5. The predicted molar refractivity (Wildman–Crippen MR) is 129 cm³/mol. The molecule has 0 atom stereocenters. The van der Waals surface area contributed by atoms with Crippen LogP contribution in [0.25, 0.3) is 22.0 Å². The number of rotatable bonds is 8. The molecule has 1 aromatic heterocycles. The highest BCUT2D eigenvalue weighted by molar-refractivity contribution is 7.89. The molecule has 4 aromatic rings. The largest absolute Gasteiger partial charge is 0.383 e. The van der Waals surface area contributed by atoms with Crippen LogP contribution >= 0.6 is 0 Å². The van der Waals surface area contributed by atoms with Gasteiger partial charge in [0.05, 0.1) is 17.0 Å². The highest BCUT2D eigenvalue weighted by Crippen LogP contribution is 2.31. The summed E-state index contributed by atoms with van der Waals surface area (Å²) >= 11 is 0. The summed E-state index contributed by atoms with van der Waals surface area (Å²) in [5.41, 5.74) is 4.11. The van der Waals surface area contributed by atoms with Crippen molar-refractivity contribution < 1.29 is 17.9 Å². The quantitative estimate of drug-likeness (QED) is 0.296. The molecule has 0 spiro atoms. The maximum atomic E-state index is 12.1. The first kappa shape index (κ1) is 22.5. The number of nitrogens with one attached hydrogen (secondary N) is 3. The number of primary sulfonamides is 1. The van der Waals surface area contributed by atoms with Crippen LogP contribution in [0.2, 0.25) is 0 Å². The molecule has 0 saturated carbocycles. The molecule has 9 heteroatoms. The summed E-state index contributed by atoms with van der Waals surface area (Å²) in [5.74, 6) is 0.637. The number of hydrogen-bond donors (Lipinski definition) is 4. The molecule has 0 bridgehead atoms. The van der Waals surface area contributed by atoms with Crippen molar-refractivity contribution in [1.29, 1.82) is 0 Å². The van der Waals surface area contributed by atoms with Gasteiger partial charge in [-0.1, -0.05) is 30.3 Å². The van der Waals surface area contributed by atoms with Crippen LogP contribution in [0.1, 0.15) is 10.4 Å². The van der Waals surface area contributed by atoms with Crippen LogP contribution in [-0.2, 0) is 14.8 Å². The third-order valence-corrected chi connectivity index (χ3v) is 6.10. The van der Waals surface area contributed by atoms with E-state index >= 15 is 0 Å². The van der Waals surface area contributed by atoms with E-state index in [0.717, 1.165) is 33.5 Å². The second kappa shape index (κ2) is 9.45. The number of amides is 1. The average molecular weight is 465 g/mol. The molecule has 0 fully saturated rings. The number of ether oxygens (including phenoxy) is 1. The van der Waals surface area contributed by atoms with Crippen LogP contribution in [0.5, 0.6) is 0 Å². The minimum Gasteiger partial charge on any atom is -0.383 e. The van der Waals surface area contributed by atoms with Crippen LogP contribution in [0.15, 0.2) is 77.7 Å². The Labute approximate surface area is 191 Å². The summed E-state index contributed by atoms with van der Waals surface area (Å²) in [6.07, 6.45) is 0. The van der Waals surface area contributed by atoms with Crippen LogP contribution in [-0.4, -0.2) is 39.6 Å². The third-order valence-electron chi connectivity index (χ3n) is 5.17. The zero-order chi connectivity index (χ0) is 23.4. The van der Waals surface area contributed by atoms with E-state index in [2.05, 4.69) is 15.6 Å². The number of H-pyrrole nitrogens is 1. The first-order valence-electron chi connectivity index (χ1n) is 10.2. The minimum atomic E-state index is -3.74. The molecular weight excluding hydrogens is 440 g/mol. The van der Waals surface area contributed by atoms with Crippen LogP contribution in [0.3, 0.4) is 0 Å². The molecule has 5 N–H and O–H groups in total. The van der Waals surface area contributed by atoms with Crippen LogP contribution in [0.4, 0.5) is 11.5 Å². The Morgan fingerprint density at radius 3 is 2.42 bits per heavy atom. The van der Waals surface area contributed by atoms with Gasteiger partial charge in [0, 0.05) is 35.9 Å². The Bertz CT molecular complexity index is 1380. The van der Waals surface area contributed by atoms with Gasteiger partial charge in [0.2, 0.25) is 10.0 Å². The number of sulfonamides is 1. The van der Waals surface area contributed by atoms with E-state index in [9.17, 15) is 13.2 Å². The lowest BCUT2D eigenvalue weighted by Gasteiger charge is -2.07. The summed E-state index contributed by atoms with van der Waals surface area (Å²) in [7, 11) is -2.15. The summed E-state index contributed by atoms with van der Waals surface area (Å²) in [5, 5.41) is 12.3. The molecule has 170 valence electrons. The Hall–Kier alpha value is -3.66. The van der Waals surface area contributed by atoms with E-state index in [1.54, 1.807) is 31.4 Å². The van der Waals surface area contributed by atoms with Crippen molar-refractivity contribution in [3.63, 3.8) is 0 Å². The Morgan fingerprint density at radius 2 is 1.76 bits per heavy atom. The van der Waals surface area contributed by atoms with E-state index in [4.69, 9.17) is 9.88 Å². The molecule has 0 aliphatic rings. The first-order chi connectivity index (χ1) is 15.8. The number of aromatic nitrogens is 1. The molecule has 4 rings (SSSR count). The number of aromatic amines is 1. The number of carbonyl (C=O) groups is 1. The second-order valence-electron chi connectivity index (χ2n) is 7.47. The van der Waals surface area contributed by atoms with Gasteiger partial charge in [-0.05, 0) is 48.0 Å². The number of hydrogen-bond acceptors (Lipinski definition) is 5. The van der Waals surface area contributed by atoms with Crippen LogP contribution < -0.4 is 15.8 Å². The van der Waals surface area contributed by atoms with Gasteiger partial charge in [0.1, 0.15) is 5.82 Å². The van der Waals surface area contributed by atoms with Gasteiger partial charge in [-0.25, -0.2) is 13.6 Å². The van der Waals surface area contributed by atoms with E-state index < -0.39 is 10.0 Å². The molecule has 0 radical (unpaired) electrons. The van der Waals surface area contributed by atoms with Crippen molar-refractivity contribution in [1.82, 2.24) is 10.3 Å². The molecule has 0 aliphatic heterocycles. The average Bonchev–Trinajstić information content (AvgIpc) is 3.21. The number of para-hydroxylation sites is 1. The van der Waals surface area contributed by atoms with Crippen molar-refractivity contribution in [2.75, 3.05) is 25.6 Å². The van der Waals surface area contributed by atoms with Gasteiger partial charge >= 0.3 is 0 Å². The molecule has 1 amide bonds. The SMILES string of the molecule is COCCNC(=O)c1ccc(Nc2cc3cccc(-c4ccc(S(N)(=O)=O)cc4)c3[nH]2)cc1. The topological polar surface area (TPSA) is 126 Å². The van der Waals surface area contributed by atoms with Crippen LogP contribution in [0, 0.1) is 0 Å². The number of nitrogens with two attached hydrogens (primary N) is 1. The fourth-order valence-electron chi connectivity index (χ4n) is 3.52. The van der Waals surface area contributed by atoms with Gasteiger partial charge in [-0.15, -0.1) is 0 Å². The fourth-order valence-corrected chi connectivity index (χ4v) is 4.03. The number of carbonyl (C=O) groups excluding carboxylic acids is 1. The highest BCUT2D eigenvalue weighted by Gasteiger charge is 2.11. The van der Waals surface area contributed by atoms with Gasteiger partial charge in [-0.3, -0.25) is 4.79 Å². The molecule has 0 aliphatic carbocycles. The van der Waals surface area contributed by atoms with Crippen molar-refractivity contribution in [3.8, 4) is 11.1 Å². The van der Waals surface area contributed by atoms with E-state index in [1.165, 1.54) is 12.1 Å². The minimum absolute atomic E-state index is 0.0723. The first-order valence-corrected chi connectivity index (χ1v) is 11.8. The maximum Gasteiger partial charge on any atom is 0.251 e. The van der Waals surface area contributed by atoms with Crippen molar-refractivity contribution in [2.45, 2.75) is 4.90 Å². The van der Waals surface area contributed by atoms with Crippen molar-refractivity contribution >= 4 is 38.3 Å². The summed E-state index contributed by atoms with van der Waals surface area (Å²) in [6.45, 7) is 0.918. The molecule has 0 saturated heterocycles. The van der Waals surface area contributed by atoms with E-state index in [-0.39, 0.29) is 10.8 Å². The zero-order valence-electron chi connectivity index (χ0n) is 18.0. The second-order valence-corrected chi connectivity index (χ2v) is 9.03. The van der Waals surface area contributed by atoms with Gasteiger partial charge in [-0.2, -0.15) is 0 Å². The lowest BCUT2D eigenvalue weighted by Crippen LogP contribution is -2.26. The summed E-state index contributed by atoms with van der Waals surface area (Å²) in [6, 6.07) is 21.5. The summed E-state index contributed by atoms with van der Waals surface area (Å²) in [4.78, 5) is 15.6. The summed E-state index contributed by atoms with van der Waals surface area (Å²) < 4.78 is 28.0. The number of benzene rings is 3. The maximum absolute atomic E-state index is 12.1. The van der Waals surface area contributed by atoms with Gasteiger partial charge < -0.3 is 20.4 Å². The van der Waals surface area contributed by atoms with Crippen molar-refractivity contribution in [2.24, 2.45) is 5.14 Å². The fraction of sp³-hybridized carbons (Fsp3) is 0.125. The smallest absolute Gasteiger partial charge is 0.251 e. The predicted octanol–water partition coefficient (Wildman–Crippen LogP) is 3.60. The molecular formula is C24H24N4O4S. The molecule has 0 unspecified atom stereocenters. The Morgan fingerprint density at radius 1 is 1.03 bits per heavy atom. The third kappa shape index (κ3) is 5.23. The lowest BCUT2D eigenvalue weighted by atomic mass is 10.0. The highest BCUT2D eigenvalue weighted by atomic mass is 32.2. The van der Waals surface area contributed by atoms with Gasteiger partial charge in [0.25, 0.3) is 5.91 Å². The molecule has 8 nitrogen and oxygen atoms in total. The lowest BCUT2D eigenvalue weighted by molar-refractivity contribution is 0.0937. The molecule has 1 heterocycles. The number of fused-ring (bicyclic) bond motifs is 1. The molecule has 3 aromatic carbocycles. The van der Waals surface area contributed by atoms with Gasteiger partial charge in [0.15, 0.2) is 0 Å². The Balaban J connectivity index is 1.54. The van der Waals surface area contributed by atoms with Crippen molar-refractivity contribution in [3.05, 3.63) is 78.4 Å². The van der Waals surface area contributed by atoms with E-state index in [0.29, 0.717) is 18.7 Å². The Kier molecular flexibility index (Phi) is 6.45.